The van der Waals surface area contributed by atoms with E-state index in [1.165, 1.54) is 49.7 Å². The number of carbonyl (C=O) groups excluding carboxylic acids is 1. The molecule has 3 heteroatoms. The van der Waals surface area contributed by atoms with E-state index in [1.54, 1.807) is 7.11 Å². The minimum atomic E-state index is -0.133. The lowest BCUT2D eigenvalue weighted by Crippen LogP contribution is -2.60. The van der Waals surface area contributed by atoms with E-state index >= 15 is 0 Å². The maximum Gasteiger partial charge on any atom is 0.226 e. The van der Waals surface area contributed by atoms with Crippen molar-refractivity contribution in [1.29, 1.82) is 0 Å². The van der Waals surface area contributed by atoms with E-state index in [4.69, 9.17) is 4.74 Å². The number of benzene rings is 1. The molecule has 3 nitrogen and oxygen atoms in total. The van der Waals surface area contributed by atoms with Crippen molar-refractivity contribution in [3.05, 3.63) is 29.3 Å². The van der Waals surface area contributed by atoms with Gasteiger partial charge in [-0.15, -0.1) is 0 Å². The Bertz CT molecular complexity index is 693. The highest BCUT2D eigenvalue weighted by molar-refractivity contribution is 5.83. The van der Waals surface area contributed by atoms with Gasteiger partial charge in [0, 0.05) is 11.0 Å². The molecule has 1 N–H and O–H groups in total. The molecule has 0 heterocycles. The molecule has 2 bridgehead atoms. The Morgan fingerprint density at radius 3 is 2.15 bits per heavy atom. The normalized spacial score (nSPS) is 32.1. The number of nitrogens with one attached hydrogen (secondary N) is 1. The lowest BCUT2D eigenvalue weighted by Gasteiger charge is -2.55. The third-order valence-electron chi connectivity index (χ3n) is 8.14. The zero-order chi connectivity index (χ0) is 19.1. The Labute approximate surface area is 164 Å². The third kappa shape index (κ3) is 3.28. The van der Waals surface area contributed by atoms with E-state index in [9.17, 15) is 4.79 Å². The molecule has 1 amide bonds. The largest absolute Gasteiger partial charge is 0.496 e. The first kappa shape index (κ1) is 18.8. The van der Waals surface area contributed by atoms with Crippen LogP contribution in [-0.2, 0) is 10.2 Å². The number of amides is 1. The molecule has 0 aromatic heterocycles. The highest BCUT2D eigenvalue weighted by atomic mass is 16.5. The fourth-order valence-electron chi connectivity index (χ4n) is 5.97. The summed E-state index contributed by atoms with van der Waals surface area (Å²) < 4.78 is 5.44. The molecule has 4 saturated carbocycles. The van der Waals surface area contributed by atoms with Crippen molar-refractivity contribution in [2.75, 3.05) is 7.11 Å². The Balaban J connectivity index is 1.46. The smallest absolute Gasteiger partial charge is 0.226 e. The second-order valence-electron chi connectivity index (χ2n) is 9.82. The van der Waals surface area contributed by atoms with Crippen molar-refractivity contribution < 1.29 is 9.53 Å². The van der Waals surface area contributed by atoms with Gasteiger partial charge in [-0.25, -0.2) is 0 Å². The summed E-state index contributed by atoms with van der Waals surface area (Å²) >= 11 is 0. The number of fused-ring (bicyclic) bond motifs is 3. The Kier molecular flexibility index (Phi) is 4.76. The van der Waals surface area contributed by atoms with Gasteiger partial charge in [0.1, 0.15) is 5.75 Å². The van der Waals surface area contributed by atoms with Crippen molar-refractivity contribution in [2.45, 2.75) is 95.4 Å². The molecule has 4 aliphatic rings. The van der Waals surface area contributed by atoms with Crippen molar-refractivity contribution in [3.63, 3.8) is 0 Å². The summed E-state index contributed by atoms with van der Waals surface area (Å²) in [6.07, 6.45) is 12.8. The fourth-order valence-corrected chi connectivity index (χ4v) is 5.97. The average molecular weight is 370 g/mol. The van der Waals surface area contributed by atoms with Crippen LogP contribution in [0.3, 0.4) is 0 Å². The molecule has 4 aliphatic carbocycles. The first-order valence-electron chi connectivity index (χ1n) is 10.9. The van der Waals surface area contributed by atoms with Gasteiger partial charge >= 0.3 is 0 Å². The highest BCUT2D eigenvalue weighted by Crippen LogP contribution is 2.54. The van der Waals surface area contributed by atoms with E-state index in [2.05, 4.69) is 37.4 Å². The first-order valence-corrected chi connectivity index (χ1v) is 10.9. The van der Waals surface area contributed by atoms with Crippen LogP contribution in [0.4, 0.5) is 0 Å². The second-order valence-corrected chi connectivity index (χ2v) is 9.82. The number of aryl methyl sites for hydroxylation is 1. The Hall–Kier alpha value is -1.51. The van der Waals surface area contributed by atoms with Gasteiger partial charge in [0.15, 0.2) is 0 Å². The van der Waals surface area contributed by atoms with Gasteiger partial charge in [0.2, 0.25) is 5.91 Å². The van der Waals surface area contributed by atoms with Gasteiger partial charge in [-0.05, 0) is 80.9 Å². The Morgan fingerprint density at radius 1 is 0.963 bits per heavy atom. The van der Waals surface area contributed by atoms with Crippen LogP contribution >= 0.6 is 0 Å². The summed E-state index contributed by atoms with van der Waals surface area (Å²) in [5.41, 5.74) is 2.93. The summed E-state index contributed by atoms with van der Waals surface area (Å²) in [4.78, 5) is 13.1. The van der Waals surface area contributed by atoms with Gasteiger partial charge in [0.25, 0.3) is 0 Å². The number of ether oxygens (including phenoxy) is 1. The van der Waals surface area contributed by atoms with Crippen molar-refractivity contribution in [3.8, 4) is 5.75 Å². The number of rotatable bonds is 4. The summed E-state index contributed by atoms with van der Waals surface area (Å²) in [5.74, 6) is 1.31. The first-order chi connectivity index (χ1) is 12.9. The summed E-state index contributed by atoms with van der Waals surface area (Å²) in [5, 5.41) is 3.57. The molecule has 0 unspecified atom stereocenters. The third-order valence-corrected chi connectivity index (χ3v) is 8.14. The van der Waals surface area contributed by atoms with Crippen LogP contribution in [0.2, 0.25) is 0 Å². The van der Waals surface area contributed by atoms with Crippen LogP contribution in [0, 0.1) is 12.3 Å². The quantitative estimate of drug-likeness (QED) is 0.768. The molecule has 0 aliphatic heterocycles. The summed E-state index contributed by atoms with van der Waals surface area (Å²) in [7, 11) is 1.74. The number of carbonyl (C=O) groups is 1. The number of hydrogen-bond acceptors (Lipinski definition) is 2. The van der Waals surface area contributed by atoms with Crippen LogP contribution in [-0.4, -0.2) is 18.6 Å². The Morgan fingerprint density at radius 2 is 1.59 bits per heavy atom. The standard InChI is InChI=1S/C24H35NO2/c1-18-17-19(7-8-20(18)27-3)23-11-14-24(15-12-23,16-13-23)25-21(26)22(2)9-5-4-6-10-22/h7-8,17H,4-6,9-16H2,1-3H3,(H,25,26). The fraction of sp³-hybridized carbons (Fsp3) is 0.708. The molecule has 0 radical (unpaired) electrons. The lowest BCUT2D eigenvalue weighted by atomic mass is 9.54. The van der Waals surface area contributed by atoms with Crippen LogP contribution < -0.4 is 10.1 Å². The van der Waals surface area contributed by atoms with Crippen LogP contribution in [0.5, 0.6) is 5.75 Å². The van der Waals surface area contributed by atoms with E-state index < -0.39 is 0 Å². The zero-order valence-corrected chi connectivity index (χ0v) is 17.3. The molecule has 0 spiro atoms. The lowest BCUT2D eigenvalue weighted by molar-refractivity contribution is -0.135. The molecular weight excluding hydrogens is 334 g/mol. The minimum Gasteiger partial charge on any atom is -0.496 e. The molecule has 0 atom stereocenters. The number of hydrogen-bond donors (Lipinski definition) is 1. The summed E-state index contributed by atoms with van der Waals surface area (Å²) in [6.45, 7) is 4.33. The molecular formula is C24H35NO2. The van der Waals surface area contributed by atoms with Gasteiger partial charge < -0.3 is 10.1 Å². The zero-order valence-electron chi connectivity index (χ0n) is 17.3. The molecule has 27 heavy (non-hydrogen) atoms. The van der Waals surface area contributed by atoms with Gasteiger partial charge in [-0.3, -0.25) is 4.79 Å². The van der Waals surface area contributed by atoms with Gasteiger partial charge in [-0.1, -0.05) is 38.3 Å². The van der Waals surface area contributed by atoms with Crippen molar-refractivity contribution in [2.24, 2.45) is 5.41 Å². The second kappa shape index (κ2) is 6.83. The highest BCUT2D eigenvalue weighted by Gasteiger charge is 2.51. The van der Waals surface area contributed by atoms with Crippen molar-refractivity contribution in [1.82, 2.24) is 5.32 Å². The monoisotopic (exact) mass is 369 g/mol. The van der Waals surface area contributed by atoms with Crippen LogP contribution in [0.25, 0.3) is 0 Å². The van der Waals surface area contributed by atoms with Crippen LogP contribution in [0.1, 0.15) is 88.7 Å². The van der Waals surface area contributed by atoms with Crippen LogP contribution in [0.15, 0.2) is 18.2 Å². The molecule has 1 aromatic rings. The predicted molar refractivity (Wildman–Crippen MR) is 109 cm³/mol. The molecule has 4 fully saturated rings. The molecule has 5 rings (SSSR count). The van der Waals surface area contributed by atoms with Gasteiger partial charge in [0.05, 0.1) is 7.11 Å². The maximum atomic E-state index is 13.1. The summed E-state index contributed by atoms with van der Waals surface area (Å²) in [6, 6.07) is 6.73. The molecule has 0 saturated heterocycles. The average Bonchev–Trinajstić information content (AvgIpc) is 2.69. The van der Waals surface area contributed by atoms with E-state index in [0.717, 1.165) is 37.9 Å². The van der Waals surface area contributed by atoms with E-state index in [1.807, 2.05) is 0 Å². The predicted octanol–water partition coefficient (Wildman–Crippen LogP) is 5.43. The number of methoxy groups -OCH3 is 1. The SMILES string of the molecule is COc1ccc(C23CCC(NC(=O)C4(C)CCCCC4)(CC2)CC3)cc1C. The van der Waals surface area contributed by atoms with Gasteiger partial charge in [-0.2, -0.15) is 0 Å². The molecule has 148 valence electrons. The van der Waals surface area contributed by atoms with Crippen molar-refractivity contribution >= 4 is 5.91 Å². The topological polar surface area (TPSA) is 38.3 Å². The molecule has 1 aromatic carbocycles. The maximum absolute atomic E-state index is 13.1. The van der Waals surface area contributed by atoms with E-state index in [-0.39, 0.29) is 11.0 Å². The van der Waals surface area contributed by atoms with E-state index in [0.29, 0.717) is 11.3 Å². The minimum absolute atomic E-state index is 0.0564.